The summed E-state index contributed by atoms with van der Waals surface area (Å²) in [6, 6.07) is 3.62. The summed E-state index contributed by atoms with van der Waals surface area (Å²) < 4.78 is 7.04. The molecule has 2 aromatic rings. The molecule has 0 radical (unpaired) electrons. The SMILES string of the molecule is Cc1cc(C)n2nc(C(=O)NCCOC(C)C)cc2n1. The van der Waals surface area contributed by atoms with Gasteiger partial charge in [0.15, 0.2) is 11.3 Å². The quantitative estimate of drug-likeness (QED) is 0.840. The van der Waals surface area contributed by atoms with Crippen LogP contribution in [0, 0.1) is 13.8 Å². The third-order valence-electron chi connectivity index (χ3n) is 2.80. The molecule has 108 valence electrons. The van der Waals surface area contributed by atoms with E-state index in [1.165, 1.54) is 0 Å². The summed E-state index contributed by atoms with van der Waals surface area (Å²) in [5.41, 5.74) is 2.92. The van der Waals surface area contributed by atoms with Gasteiger partial charge in [-0.2, -0.15) is 5.10 Å². The number of ether oxygens (including phenoxy) is 1. The third-order valence-corrected chi connectivity index (χ3v) is 2.80. The van der Waals surface area contributed by atoms with Crippen LogP contribution < -0.4 is 5.32 Å². The van der Waals surface area contributed by atoms with E-state index in [0.717, 1.165) is 11.4 Å². The molecule has 0 unspecified atom stereocenters. The molecule has 0 spiro atoms. The highest BCUT2D eigenvalue weighted by Crippen LogP contribution is 2.08. The molecule has 20 heavy (non-hydrogen) atoms. The molecule has 2 aromatic heterocycles. The maximum absolute atomic E-state index is 12.0. The van der Waals surface area contributed by atoms with E-state index in [1.807, 2.05) is 33.8 Å². The molecule has 0 aromatic carbocycles. The van der Waals surface area contributed by atoms with E-state index in [4.69, 9.17) is 4.74 Å². The summed E-state index contributed by atoms with van der Waals surface area (Å²) in [5.74, 6) is -0.208. The van der Waals surface area contributed by atoms with E-state index < -0.39 is 0 Å². The molecule has 0 saturated heterocycles. The fourth-order valence-electron chi connectivity index (χ4n) is 1.95. The molecule has 0 aliphatic rings. The Kier molecular flexibility index (Phi) is 4.34. The van der Waals surface area contributed by atoms with Crippen LogP contribution in [0.1, 0.15) is 35.7 Å². The topological polar surface area (TPSA) is 68.5 Å². The number of carbonyl (C=O) groups is 1. The molecule has 0 saturated carbocycles. The van der Waals surface area contributed by atoms with E-state index in [9.17, 15) is 4.79 Å². The molecule has 6 heteroatoms. The lowest BCUT2D eigenvalue weighted by Gasteiger charge is -2.07. The molecule has 0 atom stereocenters. The minimum atomic E-state index is -0.208. The Morgan fingerprint density at radius 3 is 2.85 bits per heavy atom. The molecule has 6 nitrogen and oxygen atoms in total. The first kappa shape index (κ1) is 14.5. The van der Waals surface area contributed by atoms with Crippen LogP contribution in [0.3, 0.4) is 0 Å². The zero-order chi connectivity index (χ0) is 14.7. The summed E-state index contributed by atoms with van der Waals surface area (Å²) in [4.78, 5) is 16.3. The first-order valence-electron chi connectivity index (χ1n) is 6.71. The average molecular weight is 276 g/mol. The van der Waals surface area contributed by atoms with Gasteiger partial charge in [0.05, 0.1) is 12.7 Å². The minimum absolute atomic E-state index is 0.164. The second-order valence-electron chi connectivity index (χ2n) is 5.01. The van der Waals surface area contributed by atoms with Crippen molar-refractivity contribution in [2.45, 2.75) is 33.8 Å². The number of hydrogen-bond acceptors (Lipinski definition) is 4. The second kappa shape index (κ2) is 6.00. The Morgan fingerprint density at radius 1 is 1.40 bits per heavy atom. The standard InChI is InChI=1S/C14H20N4O2/c1-9(2)20-6-5-15-14(19)12-8-13-16-10(3)7-11(4)18(13)17-12/h7-9H,5-6H2,1-4H3,(H,15,19). The van der Waals surface area contributed by atoms with Crippen molar-refractivity contribution in [3.63, 3.8) is 0 Å². The number of aryl methyl sites for hydroxylation is 2. The van der Waals surface area contributed by atoms with Gasteiger partial charge in [0.1, 0.15) is 0 Å². The summed E-state index contributed by atoms with van der Waals surface area (Å²) in [6.07, 6.45) is 0.164. The number of nitrogens with zero attached hydrogens (tertiary/aromatic N) is 3. The zero-order valence-electron chi connectivity index (χ0n) is 12.3. The lowest BCUT2D eigenvalue weighted by atomic mass is 10.3. The van der Waals surface area contributed by atoms with Gasteiger partial charge < -0.3 is 10.1 Å². The largest absolute Gasteiger partial charge is 0.377 e. The van der Waals surface area contributed by atoms with Crippen LogP contribution in [0.15, 0.2) is 12.1 Å². The number of hydrogen-bond donors (Lipinski definition) is 1. The predicted octanol–water partition coefficient (Wildman–Crippen LogP) is 1.50. The number of rotatable bonds is 5. The zero-order valence-corrected chi connectivity index (χ0v) is 12.3. The van der Waals surface area contributed by atoms with Crippen LogP contribution in [0.2, 0.25) is 0 Å². The summed E-state index contributed by atoms with van der Waals surface area (Å²) >= 11 is 0. The fraction of sp³-hybridized carbons (Fsp3) is 0.500. The molecule has 2 rings (SSSR count). The molecular weight excluding hydrogens is 256 g/mol. The van der Waals surface area contributed by atoms with Crippen LogP contribution in [-0.2, 0) is 4.74 Å². The Hall–Kier alpha value is -1.95. The second-order valence-corrected chi connectivity index (χ2v) is 5.01. The lowest BCUT2D eigenvalue weighted by Crippen LogP contribution is -2.28. The van der Waals surface area contributed by atoms with E-state index in [0.29, 0.717) is 24.5 Å². The van der Waals surface area contributed by atoms with Crippen molar-refractivity contribution in [1.82, 2.24) is 19.9 Å². The smallest absolute Gasteiger partial charge is 0.271 e. The third kappa shape index (κ3) is 3.33. The van der Waals surface area contributed by atoms with Gasteiger partial charge in [-0.25, -0.2) is 9.50 Å². The fourth-order valence-corrected chi connectivity index (χ4v) is 1.95. The molecule has 0 aliphatic carbocycles. The van der Waals surface area contributed by atoms with Crippen molar-refractivity contribution in [1.29, 1.82) is 0 Å². The maximum Gasteiger partial charge on any atom is 0.271 e. The van der Waals surface area contributed by atoms with Gasteiger partial charge in [-0.1, -0.05) is 0 Å². The first-order valence-corrected chi connectivity index (χ1v) is 6.71. The highest BCUT2D eigenvalue weighted by atomic mass is 16.5. The van der Waals surface area contributed by atoms with Gasteiger partial charge in [0.2, 0.25) is 0 Å². The Balaban J connectivity index is 2.05. The van der Waals surface area contributed by atoms with Crippen LogP contribution in [0.4, 0.5) is 0 Å². The van der Waals surface area contributed by atoms with Crippen molar-refractivity contribution < 1.29 is 9.53 Å². The van der Waals surface area contributed by atoms with E-state index in [1.54, 1.807) is 10.6 Å². The molecular formula is C14H20N4O2. The number of nitrogens with one attached hydrogen (secondary N) is 1. The highest BCUT2D eigenvalue weighted by Gasteiger charge is 2.12. The van der Waals surface area contributed by atoms with Gasteiger partial charge in [0.25, 0.3) is 5.91 Å². The van der Waals surface area contributed by atoms with Crippen LogP contribution >= 0.6 is 0 Å². The Bertz CT molecular complexity index is 619. The Labute approximate surface area is 118 Å². The monoisotopic (exact) mass is 276 g/mol. The van der Waals surface area contributed by atoms with Crippen molar-refractivity contribution >= 4 is 11.6 Å². The number of fused-ring (bicyclic) bond motifs is 1. The lowest BCUT2D eigenvalue weighted by molar-refractivity contribution is 0.0744. The number of carbonyl (C=O) groups excluding carboxylic acids is 1. The van der Waals surface area contributed by atoms with Crippen LogP contribution in [0.5, 0.6) is 0 Å². The van der Waals surface area contributed by atoms with Crippen molar-refractivity contribution in [2.75, 3.05) is 13.2 Å². The summed E-state index contributed by atoms with van der Waals surface area (Å²) in [5, 5.41) is 7.05. The van der Waals surface area contributed by atoms with E-state index >= 15 is 0 Å². The van der Waals surface area contributed by atoms with E-state index in [2.05, 4.69) is 15.4 Å². The molecule has 0 aliphatic heterocycles. The van der Waals surface area contributed by atoms with Gasteiger partial charge >= 0.3 is 0 Å². The highest BCUT2D eigenvalue weighted by molar-refractivity contribution is 5.93. The molecule has 0 bridgehead atoms. The van der Waals surface area contributed by atoms with Crippen LogP contribution in [-0.4, -0.2) is 39.8 Å². The minimum Gasteiger partial charge on any atom is -0.377 e. The molecule has 1 amide bonds. The summed E-state index contributed by atoms with van der Waals surface area (Å²) in [6.45, 7) is 8.74. The van der Waals surface area contributed by atoms with Crippen molar-refractivity contribution in [2.24, 2.45) is 0 Å². The predicted molar refractivity (Wildman–Crippen MR) is 75.9 cm³/mol. The van der Waals surface area contributed by atoms with Crippen molar-refractivity contribution in [3.8, 4) is 0 Å². The molecule has 0 fully saturated rings. The first-order chi connectivity index (χ1) is 9.47. The Morgan fingerprint density at radius 2 is 2.15 bits per heavy atom. The molecule has 1 N–H and O–H groups in total. The average Bonchev–Trinajstić information content (AvgIpc) is 2.78. The van der Waals surface area contributed by atoms with Gasteiger partial charge in [-0.3, -0.25) is 4.79 Å². The summed E-state index contributed by atoms with van der Waals surface area (Å²) in [7, 11) is 0. The van der Waals surface area contributed by atoms with Gasteiger partial charge in [-0.15, -0.1) is 0 Å². The normalized spacial score (nSPS) is 11.2. The maximum atomic E-state index is 12.0. The van der Waals surface area contributed by atoms with Gasteiger partial charge in [0, 0.05) is 24.0 Å². The van der Waals surface area contributed by atoms with Gasteiger partial charge in [-0.05, 0) is 33.8 Å². The van der Waals surface area contributed by atoms with E-state index in [-0.39, 0.29) is 12.0 Å². The molecule has 2 heterocycles. The van der Waals surface area contributed by atoms with Crippen LogP contribution in [0.25, 0.3) is 5.65 Å². The number of aromatic nitrogens is 3. The van der Waals surface area contributed by atoms with Crippen molar-refractivity contribution in [3.05, 3.63) is 29.2 Å². The number of amides is 1.